The van der Waals surface area contributed by atoms with Crippen LogP contribution in [0.25, 0.3) is 20.5 Å². The number of ether oxygens (including phenoxy) is 2. The molecule has 1 saturated heterocycles. The van der Waals surface area contributed by atoms with Gasteiger partial charge in [-0.25, -0.2) is 0 Å². The first-order valence-corrected chi connectivity index (χ1v) is 12.9. The lowest BCUT2D eigenvalue weighted by Gasteiger charge is -2.14. The second-order valence-corrected chi connectivity index (χ2v) is 10.2. The molecule has 0 amide bonds. The molecule has 4 aromatic rings. The summed E-state index contributed by atoms with van der Waals surface area (Å²) in [5.74, 6) is 1.67. The molecule has 1 aromatic heterocycles. The lowest BCUT2D eigenvalue weighted by Crippen LogP contribution is -2.23. The summed E-state index contributed by atoms with van der Waals surface area (Å²) < 4.78 is 18.5. The molecule has 2 heterocycles. The van der Waals surface area contributed by atoms with Crippen molar-refractivity contribution in [3.63, 3.8) is 0 Å². The average molecular weight is 494 g/mol. The van der Waals surface area contributed by atoms with Crippen LogP contribution in [0.4, 0.5) is 0 Å². The maximum absolute atomic E-state index is 10.6. The molecule has 0 saturated carbocycles. The first kappa shape index (κ1) is 23.1. The summed E-state index contributed by atoms with van der Waals surface area (Å²) in [5, 5.41) is 11.7. The van der Waals surface area contributed by atoms with Crippen LogP contribution < -0.4 is 9.47 Å². The molecule has 0 aliphatic carbocycles. The molecule has 1 aliphatic rings. The third kappa shape index (κ3) is 5.33. The third-order valence-corrected chi connectivity index (χ3v) is 7.77. The van der Waals surface area contributed by atoms with Gasteiger partial charge in [0.05, 0.1) is 13.7 Å². The Morgan fingerprint density at radius 2 is 1.76 bits per heavy atom. The molecule has 1 aliphatic heterocycles. The van der Waals surface area contributed by atoms with E-state index in [4.69, 9.17) is 13.7 Å². The number of phenols is 1. The van der Waals surface area contributed by atoms with E-state index in [2.05, 4.69) is 23.1 Å². The lowest BCUT2D eigenvalue weighted by atomic mass is 10.1. The van der Waals surface area contributed by atoms with Gasteiger partial charge in [-0.05, 0) is 73.8 Å². The Labute approximate surface area is 208 Å². The van der Waals surface area contributed by atoms with Crippen LogP contribution in [-0.4, -0.2) is 43.4 Å². The van der Waals surface area contributed by atoms with Gasteiger partial charge in [0.15, 0.2) is 11.5 Å². The molecule has 34 heavy (non-hydrogen) atoms. The minimum absolute atomic E-state index is 0.0328. The van der Waals surface area contributed by atoms with Crippen LogP contribution in [0, 0.1) is 0 Å². The molecule has 1 fully saturated rings. The van der Waals surface area contributed by atoms with Gasteiger partial charge < -0.3 is 23.7 Å². The fourth-order valence-electron chi connectivity index (χ4n) is 4.08. The molecule has 1 N–H and O–H groups in total. The van der Waals surface area contributed by atoms with Crippen LogP contribution in [0.5, 0.6) is 23.0 Å². The number of aromatic hydroxyl groups is 1. The van der Waals surface area contributed by atoms with Crippen LogP contribution in [0.15, 0.2) is 71.6 Å². The summed E-state index contributed by atoms with van der Waals surface area (Å²) in [4.78, 5) is 4.51. The molecule has 5 rings (SSSR count). The van der Waals surface area contributed by atoms with E-state index in [1.54, 1.807) is 24.5 Å². The van der Waals surface area contributed by atoms with E-state index in [0.717, 1.165) is 21.9 Å². The number of hydrogen-bond donors (Lipinski definition) is 1. The normalized spacial score (nSPS) is 14.0. The second kappa shape index (κ2) is 10.7. The minimum atomic E-state index is 0.0328. The molecule has 7 heteroatoms. The number of likely N-dealkylation sites (tertiary alicyclic amines) is 1. The number of thiophene rings is 1. The van der Waals surface area contributed by atoms with Gasteiger partial charge in [-0.15, -0.1) is 11.3 Å². The van der Waals surface area contributed by atoms with E-state index in [1.807, 2.05) is 42.5 Å². The third-order valence-electron chi connectivity index (χ3n) is 5.87. The number of phenolic OH excluding ortho intramolecular Hbond substituents is 1. The van der Waals surface area contributed by atoms with Crippen molar-refractivity contribution in [1.82, 2.24) is 4.90 Å². The molecule has 0 spiro atoms. The van der Waals surface area contributed by atoms with Crippen molar-refractivity contribution in [3.05, 3.63) is 66.7 Å². The van der Waals surface area contributed by atoms with E-state index >= 15 is 0 Å². The maximum Gasteiger partial charge on any atom is 0.169 e. The zero-order valence-corrected chi connectivity index (χ0v) is 20.7. The van der Waals surface area contributed by atoms with Crippen molar-refractivity contribution in [2.75, 3.05) is 33.4 Å². The summed E-state index contributed by atoms with van der Waals surface area (Å²) >= 11 is 3.06. The highest BCUT2D eigenvalue weighted by molar-refractivity contribution is 7.94. The fourth-order valence-corrected chi connectivity index (χ4v) is 5.70. The standard InChI is InChI=1S/C27H27NO4S2/c1-30-24-18-23(29)25(17-22(24)27-16-19-6-2-3-7-26(19)33-27)32-20-8-10-21(11-9-20)34-31-15-14-28-12-4-5-13-28/h2-3,6-11,16-18,29H,4-5,12-15H2,1H3. The van der Waals surface area contributed by atoms with E-state index in [9.17, 15) is 5.11 Å². The number of fused-ring (bicyclic) bond motifs is 1. The van der Waals surface area contributed by atoms with Crippen LogP contribution in [0.2, 0.25) is 0 Å². The highest BCUT2D eigenvalue weighted by atomic mass is 32.2. The summed E-state index contributed by atoms with van der Waals surface area (Å²) in [6.07, 6.45) is 2.59. The van der Waals surface area contributed by atoms with Gasteiger partial charge in [-0.2, -0.15) is 0 Å². The summed E-state index contributed by atoms with van der Waals surface area (Å²) in [6, 6.07) is 21.5. The number of methoxy groups -OCH3 is 1. The predicted octanol–water partition coefficient (Wildman–Crippen LogP) is 7.19. The van der Waals surface area contributed by atoms with Gasteiger partial charge in [-0.3, -0.25) is 0 Å². The van der Waals surface area contributed by atoms with Crippen LogP contribution in [0.1, 0.15) is 12.8 Å². The zero-order valence-electron chi connectivity index (χ0n) is 19.0. The molecule has 0 unspecified atom stereocenters. The Morgan fingerprint density at radius 1 is 0.971 bits per heavy atom. The topological polar surface area (TPSA) is 51.2 Å². The van der Waals surface area contributed by atoms with Crippen molar-refractivity contribution in [3.8, 4) is 33.4 Å². The highest BCUT2D eigenvalue weighted by Gasteiger charge is 2.16. The predicted molar refractivity (Wildman–Crippen MR) is 139 cm³/mol. The van der Waals surface area contributed by atoms with Crippen molar-refractivity contribution >= 4 is 33.5 Å². The second-order valence-electron chi connectivity index (χ2n) is 8.20. The van der Waals surface area contributed by atoms with Gasteiger partial charge in [-0.1, -0.05) is 18.2 Å². The largest absolute Gasteiger partial charge is 0.504 e. The molecule has 3 aromatic carbocycles. The summed E-state index contributed by atoms with van der Waals surface area (Å²) in [6.45, 7) is 4.06. The van der Waals surface area contributed by atoms with Gasteiger partial charge in [0.25, 0.3) is 0 Å². The minimum Gasteiger partial charge on any atom is -0.504 e. The Kier molecular flexibility index (Phi) is 7.25. The average Bonchev–Trinajstić information content (AvgIpc) is 3.53. The van der Waals surface area contributed by atoms with Gasteiger partial charge in [0.2, 0.25) is 0 Å². The van der Waals surface area contributed by atoms with E-state index in [-0.39, 0.29) is 5.75 Å². The maximum atomic E-state index is 10.6. The van der Waals surface area contributed by atoms with Gasteiger partial charge in [0.1, 0.15) is 11.5 Å². The smallest absolute Gasteiger partial charge is 0.169 e. The molecule has 0 radical (unpaired) electrons. The quantitative estimate of drug-likeness (QED) is 0.197. The molecule has 176 valence electrons. The van der Waals surface area contributed by atoms with Crippen molar-refractivity contribution in [1.29, 1.82) is 0 Å². The van der Waals surface area contributed by atoms with E-state index < -0.39 is 0 Å². The number of benzene rings is 3. The lowest BCUT2D eigenvalue weighted by molar-refractivity contribution is 0.261. The monoisotopic (exact) mass is 493 g/mol. The molecule has 0 atom stereocenters. The zero-order chi connectivity index (χ0) is 23.3. The Bertz CT molecular complexity index is 1220. The summed E-state index contributed by atoms with van der Waals surface area (Å²) in [7, 11) is 1.61. The van der Waals surface area contributed by atoms with Crippen LogP contribution >= 0.6 is 23.4 Å². The molecular weight excluding hydrogens is 466 g/mol. The Balaban J connectivity index is 1.27. The molecule has 5 nitrogen and oxygen atoms in total. The van der Waals surface area contributed by atoms with Gasteiger partial charge >= 0.3 is 0 Å². The molecular formula is C27H27NO4S2. The first-order chi connectivity index (χ1) is 16.7. The van der Waals surface area contributed by atoms with Crippen molar-refractivity contribution in [2.24, 2.45) is 0 Å². The van der Waals surface area contributed by atoms with Crippen LogP contribution in [0.3, 0.4) is 0 Å². The van der Waals surface area contributed by atoms with Crippen molar-refractivity contribution < 1.29 is 18.8 Å². The first-order valence-electron chi connectivity index (χ1n) is 11.4. The Morgan fingerprint density at radius 3 is 2.53 bits per heavy atom. The highest BCUT2D eigenvalue weighted by Crippen LogP contribution is 2.44. The fraction of sp³-hybridized carbons (Fsp3) is 0.259. The SMILES string of the molecule is COc1cc(O)c(Oc2ccc(SOCCN3CCCC3)cc2)cc1-c1cc2ccccc2s1. The number of hydrogen-bond acceptors (Lipinski definition) is 7. The number of rotatable bonds is 9. The van der Waals surface area contributed by atoms with Crippen LogP contribution in [-0.2, 0) is 4.18 Å². The van der Waals surface area contributed by atoms with E-state index in [0.29, 0.717) is 23.9 Å². The molecule has 0 bridgehead atoms. The van der Waals surface area contributed by atoms with Gasteiger partial charge in [0, 0.05) is 44.7 Å². The van der Waals surface area contributed by atoms with E-state index in [1.165, 1.54) is 48.1 Å². The van der Waals surface area contributed by atoms with Crippen molar-refractivity contribution in [2.45, 2.75) is 17.7 Å². The number of nitrogens with zero attached hydrogens (tertiary/aromatic N) is 1. The Hall–Kier alpha value is -2.71. The summed E-state index contributed by atoms with van der Waals surface area (Å²) in [5.41, 5.74) is 0.884.